The first-order valence-electron chi connectivity index (χ1n) is 28.7. The summed E-state index contributed by atoms with van der Waals surface area (Å²) < 4.78 is 0. The minimum atomic E-state index is -1.10. The Bertz CT molecular complexity index is 936. The van der Waals surface area contributed by atoms with E-state index in [-0.39, 0.29) is 6.61 Å². The van der Waals surface area contributed by atoms with Gasteiger partial charge in [-0.15, -0.1) is 0 Å². The van der Waals surface area contributed by atoms with Gasteiger partial charge in [0.25, 0.3) is 0 Å². The van der Waals surface area contributed by atoms with Gasteiger partial charge in [-0.05, 0) is 32.1 Å². The van der Waals surface area contributed by atoms with E-state index in [1.807, 2.05) is 6.08 Å². The number of allylic oxidation sites excluding steroid dienone is 3. The fourth-order valence-electron chi connectivity index (χ4n) is 9.09. The maximum atomic E-state index is 12.6. The molecule has 0 aromatic heterocycles. The molecule has 3 unspecified atom stereocenters. The van der Waals surface area contributed by atoms with Crippen LogP contribution in [0.5, 0.6) is 0 Å². The molecule has 0 radical (unpaired) electrons. The van der Waals surface area contributed by atoms with E-state index in [4.69, 9.17) is 0 Å². The second-order valence-electron chi connectivity index (χ2n) is 19.9. The van der Waals surface area contributed by atoms with Crippen LogP contribution in [0.2, 0.25) is 0 Å². The third kappa shape index (κ3) is 48.6. The van der Waals surface area contributed by atoms with E-state index in [9.17, 15) is 20.1 Å². The normalized spacial score (nSPS) is 13.4. The molecule has 5 heteroatoms. The second-order valence-corrected chi connectivity index (χ2v) is 19.9. The number of hydrogen-bond donors (Lipinski definition) is 4. The number of carbonyl (C=O) groups excluding carboxylic acids is 1. The number of rotatable bonds is 53. The van der Waals surface area contributed by atoms with Crippen LogP contribution in [0, 0.1) is 0 Å². The van der Waals surface area contributed by atoms with Crippen LogP contribution in [-0.4, -0.2) is 46.1 Å². The molecule has 0 bridgehead atoms. The lowest BCUT2D eigenvalue weighted by Crippen LogP contribution is -2.48. The Morgan fingerprint density at radius 1 is 0.381 bits per heavy atom. The molecule has 4 N–H and O–H groups in total. The van der Waals surface area contributed by atoms with Crippen LogP contribution in [0.3, 0.4) is 0 Å². The molecule has 0 aliphatic carbocycles. The maximum Gasteiger partial charge on any atom is 0.249 e. The summed E-state index contributed by atoms with van der Waals surface area (Å²) >= 11 is 0. The molecule has 374 valence electrons. The Morgan fingerprint density at radius 2 is 0.651 bits per heavy atom. The number of amides is 1. The number of carbonyl (C=O) groups is 1. The van der Waals surface area contributed by atoms with Gasteiger partial charge in [-0.1, -0.05) is 308 Å². The number of nitrogens with one attached hydrogen (secondary N) is 1. The van der Waals surface area contributed by atoms with Gasteiger partial charge >= 0.3 is 0 Å². The van der Waals surface area contributed by atoms with Crippen LogP contribution in [0.15, 0.2) is 24.3 Å². The van der Waals surface area contributed by atoms with Crippen molar-refractivity contribution in [3.8, 4) is 0 Å². The third-order valence-corrected chi connectivity index (χ3v) is 13.5. The Balaban J connectivity index is 3.57. The standard InChI is InChI=1S/C58H113NO4/c1-3-5-7-9-11-13-15-17-19-21-23-25-27-28-29-31-33-35-37-39-41-43-45-47-49-51-53-57(62)58(63)59-55(54-60)56(61)52-50-48-46-44-42-40-38-36-34-32-30-26-24-22-20-18-16-14-12-10-8-6-4-2/h42,44,50,52,55-57,60-62H,3-41,43,45-49,51,53-54H2,1-2H3,(H,59,63)/b44-42+,52-50+. The molecular weight excluding hydrogens is 775 g/mol. The first kappa shape index (κ1) is 61.8. The van der Waals surface area contributed by atoms with Crippen LogP contribution >= 0.6 is 0 Å². The molecule has 0 saturated carbocycles. The van der Waals surface area contributed by atoms with Crippen LogP contribution in [0.4, 0.5) is 0 Å². The summed E-state index contributed by atoms with van der Waals surface area (Å²) in [5, 5.41) is 33.4. The molecule has 0 fully saturated rings. The van der Waals surface area contributed by atoms with E-state index in [1.54, 1.807) is 6.08 Å². The van der Waals surface area contributed by atoms with E-state index in [2.05, 4.69) is 31.3 Å². The largest absolute Gasteiger partial charge is 0.394 e. The molecule has 0 aliphatic rings. The van der Waals surface area contributed by atoms with Crippen LogP contribution in [-0.2, 0) is 4.79 Å². The SMILES string of the molecule is CCCCCCCCCCCCCCCCCCC/C=C/CC/C=C/C(O)C(CO)NC(=O)C(O)CCCCCCCCCCCCCCCCCCCCCCCCCCCC. The fraction of sp³-hybridized carbons (Fsp3) is 0.914. The molecule has 5 nitrogen and oxygen atoms in total. The topological polar surface area (TPSA) is 89.8 Å². The zero-order valence-electron chi connectivity index (χ0n) is 42.7. The highest BCUT2D eigenvalue weighted by molar-refractivity contribution is 5.80. The van der Waals surface area contributed by atoms with Crippen molar-refractivity contribution in [3.05, 3.63) is 24.3 Å². The Kier molecular flexibility index (Phi) is 52.5. The lowest BCUT2D eigenvalue weighted by Gasteiger charge is -2.21. The molecule has 3 atom stereocenters. The van der Waals surface area contributed by atoms with Crippen molar-refractivity contribution < 1.29 is 20.1 Å². The van der Waals surface area contributed by atoms with E-state index in [0.717, 1.165) is 38.5 Å². The molecule has 0 spiro atoms. The lowest BCUT2D eigenvalue weighted by molar-refractivity contribution is -0.131. The Morgan fingerprint density at radius 3 is 0.968 bits per heavy atom. The van der Waals surface area contributed by atoms with E-state index in [0.29, 0.717) is 6.42 Å². The summed E-state index contributed by atoms with van der Waals surface area (Å²) in [4.78, 5) is 12.6. The predicted molar refractivity (Wildman–Crippen MR) is 278 cm³/mol. The minimum absolute atomic E-state index is 0.372. The highest BCUT2D eigenvalue weighted by Gasteiger charge is 2.22. The monoisotopic (exact) mass is 888 g/mol. The lowest BCUT2D eigenvalue weighted by atomic mass is 10.0. The Hall–Kier alpha value is -1.17. The highest BCUT2D eigenvalue weighted by Crippen LogP contribution is 2.18. The first-order valence-corrected chi connectivity index (χ1v) is 28.7. The van der Waals surface area contributed by atoms with Crippen molar-refractivity contribution in [2.24, 2.45) is 0 Å². The number of aliphatic hydroxyl groups excluding tert-OH is 3. The van der Waals surface area contributed by atoms with Crippen molar-refractivity contribution >= 4 is 5.91 Å². The number of aliphatic hydroxyl groups is 3. The van der Waals surface area contributed by atoms with Gasteiger partial charge < -0.3 is 20.6 Å². The molecule has 0 aliphatic heterocycles. The molecule has 0 saturated heterocycles. The Labute approximate surface area is 394 Å². The van der Waals surface area contributed by atoms with Crippen LogP contribution in [0.25, 0.3) is 0 Å². The number of hydrogen-bond acceptors (Lipinski definition) is 4. The minimum Gasteiger partial charge on any atom is -0.394 e. The molecule has 0 heterocycles. The van der Waals surface area contributed by atoms with Gasteiger partial charge in [0.05, 0.1) is 18.8 Å². The fourth-order valence-corrected chi connectivity index (χ4v) is 9.09. The summed E-state index contributed by atoms with van der Waals surface area (Å²) in [6, 6.07) is -0.812. The van der Waals surface area contributed by atoms with E-state index >= 15 is 0 Å². The smallest absolute Gasteiger partial charge is 0.249 e. The summed E-state index contributed by atoms with van der Waals surface area (Å²) in [5.41, 5.74) is 0. The van der Waals surface area contributed by atoms with E-state index in [1.165, 1.54) is 257 Å². The van der Waals surface area contributed by atoms with Gasteiger partial charge in [0.2, 0.25) is 5.91 Å². The average Bonchev–Trinajstić information content (AvgIpc) is 3.29. The van der Waals surface area contributed by atoms with Gasteiger partial charge in [0.1, 0.15) is 6.10 Å². The van der Waals surface area contributed by atoms with Crippen molar-refractivity contribution in [2.75, 3.05) is 6.61 Å². The van der Waals surface area contributed by atoms with Gasteiger partial charge in [-0.25, -0.2) is 0 Å². The van der Waals surface area contributed by atoms with Crippen LogP contribution in [0.1, 0.15) is 316 Å². The van der Waals surface area contributed by atoms with Gasteiger partial charge in [0.15, 0.2) is 0 Å². The summed E-state index contributed by atoms with van der Waals surface area (Å²) in [5.74, 6) is -0.506. The molecule has 0 aromatic rings. The average molecular weight is 889 g/mol. The van der Waals surface area contributed by atoms with Crippen molar-refractivity contribution in [1.29, 1.82) is 0 Å². The third-order valence-electron chi connectivity index (χ3n) is 13.5. The summed E-state index contributed by atoms with van der Waals surface area (Å²) in [7, 11) is 0. The van der Waals surface area contributed by atoms with Crippen molar-refractivity contribution in [3.63, 3.8) is 0 Å². The van der Waals surface area contributed by atoms with Crippen molar-refractivity contribution in [2.45, 2.75) is 334 Å². The second kappa shape index (κ2) is 53.4. The van der Waals surface area contributed by atoms with Crippen molar-refractivity contribution in [1.82, 2.24) is 5.32 Å². The molecule has 0 aromatic carbocycles. The first-order chi connectivity index (χ1) is 31.1. The predicted octanol–water partition coefficient (Wildman–Crippen LogP) is 17.7. The summed E-state index contributed by atoms with van der Waals surface area (Å²) in [6.07, 6.45) is 68.4. The molecular formula is C58H113NO4. The summed E-state index contributed by atoms with van der Waals surface area (Å²) in [6.45, 7) is 4.21. The molecule has 0 rings (SSSR count). The van der Waals surface area contributed by atoms with Gasteiger partial charge in [-0.3, -0.25) is 4.79 Å². The van der Waals surface area contributed by atoms with Gasteiger partial charge in [0, 0.05) is 0 Å². The van der Waals surface area contributed by atoms with Crippen LogP contribution < -0.4 is 5.32 Å². The highest BCUT2D eigenvalue weighted by atomic mass is 16.3. The zero-order valence-corrected chi connectivity index (χ0v) is 42.7. The van der Waals surface area contributed by atoms with Gasteiger partial charge in [-0.2, -0.15) is 0 Å². The number of unbranched alkanes of at least 4 members (excludes halogenated alkanes) is 43. The molecule has 63 heavy (non-hydrogen) atoms. The molecule has 1 amide bonds. The quantitative estimate of drug-likeness (QED) is 0.0362. The maximum absolute atomic E-state index is 12.6. The van der Waals surface area contributed by atoms with E-state index < -0.39 is 24.2 Å². The zero-order chi connectivity index (χ0) is 45.8.